The Kier molecular flexibility index (Phi) is 13.9. The summed E-state index contributed by atoms with van der Waals surface area (Å²) in [5.74, 6) is -1.32. The molecule has 15 nitrogen and oxygen atoms in total. The Bertz CT molecular complexity index is 2390. The van der Waals surface area contributed by atoms with E-state index in [9.17, 15) is 19.2 Å². The van der Waals surface area contributed by atoms with Gasteiger partial charge in [-0.05, 0) is 98.7 Å². The lowest BCUT2D eigenvalue weighted by Crippen LogP contribution is -2.61. The first kappa shape index (κ1) is 45.7. The fourth-order valence-corrected chi connectivity index (χ4v) is 10.2. The molecule has 0 saturated carbocycles. The monoisotopic (exact) mass is 878 g/mol. The van der Waals surface area contributed by atoms with Gasteiger partial charge in [0.15, 0.2) is 5.82 Å². The van der Waals surface area contributed by atoms with Crippen molar-refractivity contribution in [1.82, 2.24) is 49.4 Å². The molecule has 6 heterocycles. The fourth-order valence-electron chi connectivity index (χ4n) is 9.47. The first-order chi connectivity index (χ1) is 30.1. The van der Waals surface area contributed by atoms with Gasteiger partial charge in [-0.2, -0.15) is 4.37 Å². The van der Waals surface area contributed by atoms with Crippen LogP contribution in [0.1, 0.15) is 89.6 Å². The molecule has 3 aliphatic heterocycles. The molecule has 5 atom stereocenters. The van der Waals surface area contributed by atoms with Crippen LogP contribution < -0.4 is 10.7 Å². The third-order valence-electron chi connectivity index (χ3n) is 12.8. The van der Waals surface area contributed by atoms with Gasteiger partial charge in [-0.25, -0.2) is 20.4 Å². The quantitative estimate of drug-likeness (QED) is 0.144. The molecule has 2 saturated heterocycles. The third-order valence-corrected chi connectivity index (χ3v) is 13.5. The number of aryl methyl sites for hydroxylation is 1. The van der Waals surface area contributed by atoms with Gasteiger partial charge in [0, 0.05) is 81.0 Å². The molecule has 0 unspecified atom stereocenters. The van der Waals surface area contributed by atoms with Crippen molar-refractivity contribution in [3.63, 3.8) is 0 Å². The topological polar surface area (TPSA) is 168 Å². The zero-order valence-electron chi connectivity index (χ0n) is 37.9. The number of hydrogen-bond acceptors (Lipinski definition) is 11. The zero-order valence-corrected chi connectivity index (χ0v) is 38.7. The molecule has 3 aliphatic rings. The zero-order chi connectivity index (χ0) is 45.2. The minimum Gasteiger partial charge on any atom is -0.375 e. The number of carbonyl (C=O) groups is 4. The lowest BCUT2D eigenvalue weighted by Gasteiger charge is -2.36. The number of benzene rings is 1. The second-order valence-corrected chi connectivity index (χ2v) is 19.1. The van der Waals surface area contributed by atoms with Gasteiger partial charge in [-0.15, -0.1) is 0 Å². The molecule has 2 N–H and O–H groups in total. The Hall–Kier alpha value is -5.32. The predicted molar refractivity (Wildman–Crippen MR) is 244 cm³/mol. The number of hydrazine groups is 1. The number of carbonyl (C=O) groups excluding carboxylic acids is 4. The second-order valence-electron chi connectivity index (χ2n) is 18.2. The lowest BCUT2D eigenvalue weighted by molar-refractivity contribution is -0.146. The molecule has 1 aromatic carbocycles. The Morgan fingerprint density at radius 1 is 1.17 bits per heavy atom. The Morgan fingerprint density at radius 3 is 2.70 bits per heavy atom. The van der Waals surface area contributed by atoms with Crippen LogP contribution in [0, 0.1) is 17.3 Å². The molecular weight excluding hydrogens is 817 g/mol. The molecular formula is C47H62N10O5S. The number of methoxy groups -OCH3 is 1. The molecule has 6 bridgehead atoms. The highest BCUT2D eigenvalue weighted by Crippen LogP contribution is 2.42. The Balaban J connectivity index is 1.26. The van der Waals surface area contributed by atoms with E-state index in [0.29, 0.717) is 30.3 Å². The van der Waals surface area contributed by atoms with Gasteiger partial charge in [0.25, 0.3) is 5.91 Å². The van der Waals surface area contributed by atoms with Crippen molar-refractivity contribution in [2.45, 2.75) is 111 Å². The molecule has 4 amide bonds. The number of aromatic nitrogens is 5. The van der Waals surface area contributed by atoms with Crippen LogP contribution in [0.15, 0.2) is 55.5 Å². The van der Waals surface area contributed by atoms with Gasteiger partial charge < -0.3 is 24.4 Å². The highest BCUT2D eigenvalue weighted by atomic mass is 32.1. The van der Waals surface area contributed by atoms with Crippen molar-refractivity contribution in [3.8, 4) is 22.6 Å². The third kappa shape index (κ3) is 9.63. The maximum Gasteiger partial charge on any atom is 0.259 e. The van der Waals surface area contributed by atoms with Gasteiger partial charge in [0.05, 0.1) is 23.4 Å². The van der Waals surface area contributed by atoms with Crippen molar-refractivity contribution < 1.29 is 23.9 Å². The molecule has 63 heavy (non-hydrogen) atoms. The number of amides is 4. The van der Waals surface area contributed by atoms with Gasteiger partial charge in [-0.1, -0.05) is 46.4 Å². The SMILES string of the molecule is C=CC(=O)N1CC[C@H](C(=O)N(C)[C@H](C(=O)N[C@H]2Cc3nc(ns3)-c3ccc4c(c3)c(c(-c3cncnc3[C@H](C)OC)n4CC)CC(C)(C)C/C=C\[C@@H]3CCCN(N3)C2=O)C(C)C)C1. The summed E-state index contributed by atoms with van der Waals surface area (Å²) >= 11 is 1.21. The molecule has 16 heteroatoms. The van der Waals surface area contributed by atoms with E-state index in [0.717, 1.165) is 65.6 Å². The lowest BCUT2D eigenvalue weighted by atomic mass is 9.80. The first-order valence-electron chi connectivity index (χ1n) is 22.2. The molecule has 0 spiro atoms. The number of allylic oxidation sites excluding steroid dienone is 1. The Labute approximate surface area is 374 Å². The van der Waals surface area contributed by atoms with Crippen molar-refractivity contribution >= 4 is 46.1 Å². The van der Waals surface area contributed by atoms with Gasteiger partial charge in [-0.3, -0.25) is 24.2 Å². The summed E-state index contributed by atoms with van der Waals surface area (Å²) in [5, 5.41) is 6.39. The van der Waals surface area contributed by atoms with Gasteiger partial charge >= 0.3 is 0 Å². The minimum atomic E-state index is -0.990. The van der Waals surface area contributed by atoms with E-state index in [1.165, 1.54) is 28.1 Å². The molecule has 0 aliphatic carbocycles. The summed E-state index contributed by atoms with van der Waals surface area (Å²) in [5.41, 5.74) is 9.24. The Morgan fingerprint density at radius 2 is 1.97 bits per heavy atom. The minimum absolute atomic E-state index is 0.0901. The predicted octanol–water partition coefficient (Wildman–Crippen LogP) is 5.91. The summed E-state index contributed by atoms with van der Waals surface area (Å²) in [7, 11) is 3.32. The van der Waals surface area contributed by atoms with E-state index in [1.807, 2.05) is 33.0 Å². The van der Waals surface area contributed by atoms with E-state index in [2.05, 4.69) is 71.9 Å². The number of hydrogen-bond donors (Lipinski definition) is 2. The summed E-state index contributed by atoms with van der Waals surface area (Å²) < 4.78 is 13.0. The summed E-state index contributed by atoms with van der Waals surface area (Å²) in [6.45, 7) is 18.0. The van der Waals surface area contributed by atoms with E-state index in [1.54, 1.807) is 30.4 Å². The number of likely N-dealkylation sites (N-methyl/N-ethyl adjacent to an activating group) is 1. The van der Waals surface area contributed by atoms with Crippen LogP contribution in [0.3, 0.4) is 0 Å². The highest BCUT2D eigenvalue weighted by Gasteiger charge is 2.39. The highest BCUT2D eigenvalue weighted by molar-refractivity contribution is 7.05. The number of likely N-dealkylation sites (tertiary alicyclic amines) is 1. The van der Waals surface area contributed by atoms with Crippen molar-refractivity contribution in [2.24, 2.45) is 17.3 Å². The van der Waals surface area contributed by atoms with Crippen LogP contribution in [-0.2, 0) is 43.3 Å². The smallest absolute Gasteiger partial charge is 0.259 e. The standard InChI is InChI=1S/C47H62N10O5S/c1-10-39(58)55-21-18-31(26-55)45(60)54(8)41(28(3)4)44(59)50-36-23-38-51-43(53-63-38)30-16-17-37-33(22-30)34(42(56(37)11-2)35-25-48-27-49-40(35)29(5)62-9)24-47(6,7)19-12-14-32-15-13-20-57(52-32)46(36)61/h10,12,14,16-17,22,25,27-29,31-32,36,41,52H,1,11,13,15,18-21,23-24,26H2,2-9H3,(H,50,59)/b14-12-/t29-,31-,32+,36-,41-/m0/s1. The van der Waals surface area contributed by atoms with Crippen LogP contribution in [-0.4, -0.2) is 114 Å². The summed E-state index contributed by atoms with van der Waals surface area (Å²) in [6.07, 6.45) is 12.6. The number of fused-ring (bicyclic) bond motifs is 6. The van der Waals surface area contributed by atoms with Crippen molar-refractivity contribution in [2.75, 3.05) is 33.8 Å². The van der Waals surface area contributed by atoms with Crippen molar-refractivity contribution in [1.29, 1.82) is 0 Å². The van der Waals surface area contributed by atoms with E-state index < -0.39 is 23.9 Å². The maximum absolute atomic E-state index is 14.6. The van der Waals surface area contributed by atoms with E-state index in [4.69, 9.17) is 19.1 Å². The molecule has 4 aromatic rings. The van der Waals surface area contributed by atoms with Crippen LogP contribution in [0.4, 0.5) is 0 Å². The largest absolute Gasteiger partial charge is 0.375 e. The van der Waals surface area contributed by atoms with Crippen LogP contribution in [0.2, 0.25) is 0 Å². The molecule has 2 fully saturated rings. The first-order valence-corrected chi connectivity index (χ1v) is 23.0. The average molecular weight is 879 g/mol. The number of ether oxygens (including phenoxy) is 1. The average Bonchev–Trinajstić information content (AvgIpc) is 4.03. The van der Waals surface area contributed by atoms with Crippen LogP contribution in [0.5, 0.6) is 0 Å². The maximum atomic E-state index is 14.6. The molecule has 3 aromatic heterocycles. The fraction of sp³-hybridized carbons (Fsp3) is 0.532. The van der Waals surface area contributed by atoms with Crippen LogP contribution >= 0.6 is 11.5 Å². The molecule has 336 valence electrons. The van der Waals surface area contributed by atoms with Crippen LogP contribution in [0.25, 0.3) is 33.5 Å². The van der Waals surface area contributed by atoms with E-state index in [-0.39, 0.29) is 54.2 Å². The van der Waals surface area contributed by atoms with E-state index >= 15 is 0 Å². The van der Waals surface area contributed by atoms with Gasteiger partial charge in [0.1, 0.15) is 23.4 Å². The number of nitrogens with one attached hydrogen (secondary N) is 2. The van der Waals surface area contributed by atoms with Gasteiger partial charge in [0.2, 0.25) is 17.7 Å². The second kappa shape index (κ2) is 19.2. The number of nitrogens with zero attached hydrogens (tertiary/aromatic N) is 8. The normalized spacial score (nSPS) is 21.8. The van der Waals surface area contributed by atoms with Crippen molar-refractivity contribution in [3.05, 3.63) is 71.8 Å². The number of rotatable bonds is 10. The molecule has 7 rings (SSSR count). The molecule has 0 radical (unpaired) electrons. The summed E-state index contributed by atoms with van der Waals surface area (Å²) in [4.78, 5) is 72.4. The summed E-state index contributed by atoms with van der Waals surface area (Å²) in [6, 6.07) is 4.40.